The molecule has 5 aromatic rings. The van der Waals surface area contributed by atoms with E-state index in [0.29, 0.717) is 22.1 Å². The Labute approximate surface area is 269 Å². The number of nitrogens with zero attached hydrogens (tertiary/aromatic N) is 1. The molecule has 45 heavy (non-hydrogen) atoms. The highest BCUT2D eigenvalue weighted by atomic mass is 32.2. The number of carbonyl (C=O) groups is 3. The number of nitrogens with one attached hydrogen (secondary N) is 3. The molecule has 0 aliphatic carbocycles. The van der Waals surface area contributed by atoms with Crippen molar-refractivity contribution in [1.82, 2.24) is 10.3 Å². The Morgan fingerprint density at radius 2 is 1.64 bits per heavy atom. The number of hydrogen-bond donors (Lipinski definition) is 3. The summed E-state index contributed by atoms with van der Waals surface area (Å²) >= 11 is 2.67. The maximum atomic E-state index is 13.4. The summed E-state index contributed by atoms with van der Waals surface area (Å²) in [6, 6.07) is 31.1. The Balaban J connectivity index is 1.22. The van der Waals surface area contributed by atoms with E-state index in [2.05, 4.69) is 20.9 Å². The lowest BCUT2D eigenvalue weighted by Crippen LogP contribution is -2.30. The maximum absolute atomic E-state index is 13.4. The molecule has 0 bridgehead atoms. The molecule has 0 spiro atoms. The van der Waals surface area contributed by atoms with Crippen LogP contribution < -0.4 is 20.7 Å². The van der Waals surface area contributed by atoms with Crippen molar-refractivity contribution >= 4 is 57.7 Å². The van der Waals surface area contributed by atoms with Crippen LogP contribution in [0.25, 0.3) is 17.3 Å². The third-order valence-corrected chi connectivity index (χ3v) is 8.26. The molecule has 1 aromatic heterocycles. The minimum atomic E-state index is -0.477. The predicted octanol–water partition coefficient (Wildman–Crippen LogP) is 7.27. The maximum Gasteiger partial charge on any atom is 0.272 e. The number of anilines is 2. The van der Waals surface area contributed by atoms with Crippen LogP contribution in [0.4, 0.5) is 10.8 Å². The smallest absolute Gasteiger partial charge is 0.272 e. The van der Waals surface area contributed by atoms with Crippen LogP contribution in [0.5, 0.6) is 5.75 Å². The Bertz CT molecular complexity index is 1840. The third kappa shape index (κ3) is 8.69. The molecular formula is C35H30N4O4S2. The van der Waals surface area contributed by atoms with Crippen LogP contribution in [0.3, 0.4) is 0 Å². The average molecular weight is 635 g/mol. The van der Waals surface area contributed by atoms with Crippen molar-refractivity contribution < 1.29 is 19.1 Å². The number of ether oxygens (including phenoxy) is 1. The number of benzene rings is 4. The average Bonchev–Trinajstić information content (AvgIpc) is 3.53. The standard InChI is InChI=1S/C35H30N4O4S2/c1-23-15-17-24(18-16-23)19-29(37-33(41)25-9-4-3-5-10-25)34(42)36-26-11-8-12-27(20-26)44-22-32(40)39-35-38-30(21-45-35)28-13-6-7-14-31(28)43-2/h3-21H,22H2,1-2H3,(H,36,42)(H,37,41)(H,38,39,40)/b29-19-. The fraction of sp³-hybridized carbons (Fsp3) is 0.0857. The second kappa shape index (κ2) is 15.0. The highest BCUT2D eigenvalue weighted by Gasteiger charge is 2.16. The van der Waals surface area contributed by atoms with Crippen molar-refractivity contribution in [2.24, 2.45) is 0 Å². The SMILES string of the molecule is COc1ccccc1-c1csc(NC(=O)CSc2cccc(NC(=O)/C(=C/c3ccc(C)cc3)NC(=O)c3ccccc3)c2)n1. The molecule has 0 aliphatic heterocycles. The molecule has 10 heteroatoms. The Kier molecular flexibility index (Phi) is 10.4. The molecule has 3 amide bonds. The zero-order valence-electron chi connectivity index (χ0n) is 24.6. The molecule has 3 N–H and O–H groups in total. The summed E-state index contributed by atoms with van der Waals surface area (Å²) in [4.78, 5) is 44.3. The highest BCUT2D eigenvalue weighted by molar-refractivity contribution is 8.00. The highest BCUT2D eigenvalue weighted by Crippen LogP contribution is 2.32. The van der Waals surface area contributed by atoms with Gasteiger partial charge >= 0.3 is 0 Å². The molecule has 0 aliphatic rings. The molecule has 1 heterocycles. The zero-order valence-corrected chi connectivity index (χ0v) is 26.2. The number of para-hydroxylation sites is 1. The molecule has 0 atom stereocenters. The summed E-state index contributed by atoms with van der Waals surface area (Å²) in [6.07, 6.45) is 1.64. The van der Waals surface area contributed by atoms with Crippen molar-refractivity contribution in [3.63, 3.8) is 0 Å². The summed E-state index contributed by atoms with van der Waals surface area (Å²) in [5.41, 5.74) is 4.48. The van der Waals surface area contributed by atoms with Crippen LogP contribution in [0.15, 0.2) is 119 Å². The largest absolute Gasteiger partial charge is 0.496 e. The minimum Gasteiger partial charge on any atom is -0.496 e. The van der Waals surface area contributed by atoms with E-state index in [-0.39, 0.29) is 17.4 Å². The van der Waals surface area contributed by atoms with E-state index in [9.17, 15) is 14.4 Å². The van der Waals surface area contributed by atoms with Crippen molar-refractivity contribution in [2.75, 3.05) is 23.5 Å². The molecule has 8 nitrogen and oxygen atoms in total. The number of rotatable bonds is 11. The van der Waals surface area contributed by atoms with E-state index in [1.54, 1.807) is 55.7 Å². The first-order valence-corrected chi connectivity index (χ1v) is 15.8. The third-order valence-electron chi connectivity index (χ3n) is 6.51. The van der Waals surface area contributed by atoms with E-state index in [1.165, 1.54) is 23.1 Å². The molecule has 0 saturated heterocycles. The number of hydrogen-bond acceptors (Lipinski definition) is 7. The predicted molar refractivity (Wildman–Crippen MR) is 182 cm³/mol. The number of thiazole rings is 1. The Morgan fingerprint density at radius 1 is 0.889 bits per heavy atom. The van der Waals surface area contributed by atoms with E-state index >= 15 is 0 Å². The van der Waals surface area contributed by atoms with Crippen LogP contribution in [0, 0.1) is 6.92 Å². The van der Waals surface area contributed by atoms with Gasteiger partial charge in [-0.15, -0.1) is 23.1 Å². The molecule has 0 unspecified atom stereocenters. The molecule has 5 rings (SSSR count). The normalized spacial score (nSPS) is 11.0. The fourth-order valence-electron chi connectivity index (χ4n) is 4.25. The number of aromatic nitrogens is 1. The van der Waals surface area contributed by atoms with Crippen LogP contribution in [-0.4, -0.2) is 35.6 Å². The van der Waals surface area contributed by atoms with Gasteiger partial charge in [0.25, 0.3) is 11.8 Å². The van der Waals surface area contributed by atoms with Crippen molar-refractivity contribution in [2.45, 2.75) is 11.8 Å². The second-order valence-corrected chi connectivity index (χ2v) is 11.8. The van der Waals surface area contributed by atoms with Gasteiger partial charge in [0.15, 0.2) is 5.13 Å². The lowest BCUT2D eigenvalue weighted by molar-refractivity contribution is -0.114. The number of thioether (sulfide) groups is 1. The molecule has 4 aromatic carbocycles. The molecule has 0 fully saturated rings. The fourth-order valence-corrected chi connectivity index (χ4v) is 5.73. The van der Waals surface area contributed by atoms with Crippen LogP contribution in [0.1, 0.15) is 21.5 Å². The van der Waals surface area contributed by atoms with Gasteiger partial charge in [0.05, 0.1) is 18.6 Å². The van der Waals surface area contributed by atoms with E-state index in [4.69, 9.17) is 4.74 Å². The molecular weight excluding hydrogens is 605 g/mol. The topological polar surface area (TPSA) is 109 Å². The Morgan fingerprint density at radius 3 is 2.42 bits per heavy atom. The van der Waals surface area contributed by atoms with Crippen LogP contribution >= 0.6 is 23.1 Å². The summed E-state index contributed by atoms with van der Waals surface area (Å²) in [5, 5.41) is 10.8. The first kappa shape index (κ1) is 31.2. The first-order chi connectivity index (χ1) is 21.9. The van der Waals surface area contributed by atoms with Gasteiger partial charge < -0.3 is 20.7 Å². The van der Waals surface area contributed by atoms with E-state index in [1.807, 2.05) is 73.0 Å². The van der Waals surface area contributed by atoms with Gasteiger partial charge in [-0.2, -0.15) is 0 Å². The lowest BCUT2D eigenvalue weighted by Gasteiger charge is -2.12. The van der Waals surface area contributed by atoms with Gasteiger partial charge in [-0.1, -0.05) is 66.2 Å². The van der Waals surface area contributed by atoms with Gasteiger partial charge in [0.1, 0.15) is 11.4 Å². The Hall–Kier alpha value is -5.19. The van der Waals surface area contributed by atoms with Crippen LogP contribution in [0.2, 0.25) is 0 Å². The monoisotopic (exact) mass is 634 g/mol. The zero-order chi connectivity index (χ0) is 31.6. The van der Waals surface area contributed by atoms with Crippen molar-refractivity contribution in [3.8, 4) is 17.0 Å². The first-order valence-electron chi connectivity index (χ1n) is 14.0. The molecule has 0 radical (unpaired) electrons. The number of carbonyl (C=O) groups excluding carboxylic acids is 3. The quantitative estimate of drug-likeness (QED) is 0.104. The minimum absolute atomic E-state index is 0.0982. The van der Waals surface area contributed by atoms with E-state index < -0.39 is 11.8 Å². The summed E-state index contributed by atoms with van der Waals surface area (Å²) in [7, 11) is 1.61. The summed E-state index contributed by atoms with van der Waals surface area (Å²) in [6.45, 7) is 1.98. The molecule has 0 saturated carbocycles. The van der Waals surface area contributed by atoms with Crippen molar-refractivity contribution in [3.05, 3.63) is 131 Å². The summed E-state index contributed by atoms with van der Waals surface area (Å²) < 4.78 is 5.42. The van der Waals surface area contributed by atoms with E-state index in [0.717, 1.165) is 27.3 Å². The number of methoxy groups -OCH3 is 1. The lowest BCUT2D eigenvalue weighted by atomic mass is 10.1. The summed E-state index contributed by atoms with van der Waals surface area (Å²) in [5.74, 6) is -0.224. The number of amides is 3. The second-order valence-electron chi connectivity index (χ2n) is 9.85. The number of aryl methyl sites for hydroxylation is 1. The molecule has 226 valence electrons. The van der Waals surface area contributed by atoms with Gasteiger partial charge in [0.2, 0.25) is 5.91 Å². The van der Waals surface area contributed by atoms with Gasteiger partial charge in [-0.05, 0) is 61.0 Å². The van der Waals surface area contributed by atoms with Gasteiger partial charge in [-0.3, -0.25) is 14.4 Å². The van der Waals surface area contributed by atoms with Crippen molar-refractivity contribution in [1.29, 1.82) is 0 Å². The van der Waals surface area contributed by atoms with Gasteiger partial charge in [-0.25, -0.2) is 4.98 Å². The van der Waals surface area contributed by atoms with Gasteiger partial charge in [0, 0.05) is 27.1 Å². The van der Waals surface area contributed by atoms with Crippen LogP contribution in [-0.2, 0) is 9.59 Å².